The molecular formula is C9H5ClF2N2O2. The molecule has 0 fully saturated rings. The molecule has 0 spiro atoms. The van der Waals surface area contributed by atoms with Crippen LogP contribution in [0, 0.1) is 11.6 Å². The molecule has 0 saturated heterocycles. The first-order valence-corrected chi connectivity index (χ1v) is 4.47. The number of nitrogens with zero attached hydrogens (tertiary/aromatic N) is 1. The van der Waals surface area contributed by atoms with E-state index < -0.39 is 28.0 Å². The molecule has 1 aromatic heterocycles. The number of hydrogen-bond acceptors (Lipinski definition) is 4. The minimum atomic E-state index is -1.05. The highest BCUT2D eigenvalue weighted by Crippen LogP contribution is 2.37. The maximum atomic E-state index is 13.6. The summed E-state index contributed by atoms with van der Waals surface area (Å²) in [6.45, 7) is 0. The second-order valence-corrected chi connectivity index (χ2v) is 3.40. The molecule has 4 nitrogen and oxygen atoms in total. The van der Waals surface area contributed by atoms with E-state index in [9.17, 15) is 13.9 Å². The molecule has 0 radical (unpaired) electrons. The summed E-state index contributed by atoms with van der Waals surface area (Å²) in [7, 11) is 0. The van der Waals surface area contributed by atoms with Gasteiger partial charge in [0.05, 0.1) is 10.6 Å². The first kappa shape index (κ1) is 10.7. The van der Waals surface area contributed by atoms with Crippen LogP contribution in [0.15, 0.2) is 16.7 Å². The Hall–Kier alpha value is -1.82. The number of benzene rings is 1. The summed E-state index contributed by atoms with van der Waals surface area (Å²) in [5.41, 5.74) is 4.62. The number of halogens is 3. The maximum absolute atomic E-state index is 13.6. The first-order chi connectivity index (χ1) is 7.50. The van der Waals surface area contributed by atoms with E-state index in [2.05, 4.69) is 9.68 Å². The largest absolute Gasteiger partial charge is 0.504 e. The molecule has 2 aromatic rings. The van der Waals surface area contributed by atoms with Crippen molar-refractivity contribution < 1.29 is 18.4 Å². The molecule has 0 unspecified atom stereocenters. The van der Waals surface area contributed by atoms with Crippen molar-refractivity contribution >= 4 is 17.5 Å². The van der Waals surface area contributed by atoms with Gasteiger partial charge in [-0.2, -0.15) is 0 Å². The van der Waals surface area contributed by atoms with Gasteiger partial charge in [0.15, 0.2) is 17.4 Å². The van der Waals surface area contributed by atoms with Crippen LogP contribution >= 0.6 is 11.6 Å². The van der Waals surface area contributed by atoms with E-state index >= 15 is 0 Å². The molecule has 0 atom stereocenters. The Bertz CT molecular complexity index is 530. The third kappa shape index (κ3) is 1.57. The van der Waals surface area contributed by atoms with Crippen LogP contribution in [-0.2, 0) is 0 Å². The van der Waals surface area contributed by atoms with Crippen LogP contribution < -0.4 is 5.73 Å². The predicted octanol–water partition coefficient (Wildman–Crippen LogP) is 2.56. The summed E-state index contributed by atoms with van der Waals surface area (Å²) in [6, 6.07) is 1.81. The second kappa shape index (κ2) is 3.64. The van der Waals surface area contributed by atoms with Gasteiger partial charge in [0.25, 0.3) is 0 Å². The van der Waals surface area contributed by atoms with Crippen LogP contribution in [0.25, 0.3) is 11.3 Å². The molecular weight excluding hydrogens is 242 g/mol. The minimum absolute atomic E-state index is 0.0887. The third-order valence-corrected chi connectivity index (χ3v) is 2.21. The molecule has 0 aliphatic heterocycles. The average molecular weight is 247 g/mol. The summed E-state index contributed by atoms with van der Waals surface area (Å²) in [6.07, 6.45) is 0. The monoisotopic (exact) mass is 246 g/mol. The van der Waals surface area contributed by atoms with Gasteiger partial charge in [-0.25, -0.2) is 8.78 Å². The van der Waals surface area contributed by atoms with E-state index in [4.69, 9.17) is 17.3 Å². The Labute approximate surface area is 93.2 Å². The third-order valence-electron chi connectivity index (χ3n) is 1.93. The van der Waals surface area contributed by atoms with Crippen LogP contribution in [-0.4, -0.2) is 10.3 Å². The lowest BCUT2D eigenvalue weighted by atomic mass is 10.1. The smallest absolute Gasteiger partial charge is 0.222 e. The Balaban J connectivity index is 2.73. The highest BCUT2D eigenvalue weighted by molar-refractivity contribution is 6.31. The van der Waals surface area contributed by atoms with E-state index in [1.165, 1.54) is 0 Å². The number of aromatic nitrogens is 1. The molecule has 1 heterocycles. The fourth-order valence-electron chi connectivity index (χ4n) is 1.23. The first-order valence-electron chi connectivity index (χ1n) is 4.09. The van der Waals surface area contributed by atoms with Crippen molar-refractivity contribution in [2.45, 2.75) is 0 Å². The summed E-state index contributed by atoms with van der Waals surface area (Å²) in [5, 5.41) is 12.3. The van der Waals surface area contributed by atoms with Crippen molar-refractivity contribution in [1.82, 2.24) is 5.16 Å². The summed E-state index contributed by atoms with van der Waals surface area (Å²) < 4.78 is 31.2. The van der Waals surface area contributed by atoms with Gasteiger partial charge < -0.3 is 15.4 Å². The number of hydrogen-bond donors (Lipinski definition) is 2. The Morgan fingerprint density at radius 2 is 2.06 bits per heavy atom. The average Bonchev–Trinajstić information content (AvgIpc) is 2.62. The van der Waals surface area contributed by atoms with E-state index in [0.717, 1.165) is 6.07 Å². The molecule has 0 aliphatic rings. The zero-order chi connectivity index (χ0) is 11.9. The van der Waals surface area contributed by atoms with Gasteiger partial charge in [0.1, 0.15) is 5.69 Å². The van der Waals surface area contributed by atoms with Crippen LogP contribution in [0.5, 0.6) is 5.75 Å². The van der Waals surface area contributed by atoms with Gasteiger partial charge in [0, 0.05) is 6.07 Å². The lowest BCUT2D eigenvalue weighted by Crippen LogP contribution is -1.90. The SMILES string of the molecule is Nc1cc(-c2c(O)c(F)cc(Cl)c2F)no1. The Morgan fingerprint density at radius 3 is 2.62 bits per heavy atom. The molecule has 7 heteroatoms. The van der Waals surface area contributed by atoms with Crippen LogP contribution in [0.4, 0.5) is 14.7 Å². The van der Waals surface area contributed by atoms with Crippen molar-refractivity contribution in [3.63, 3.8) is 0 Å². The minimum Gasteiger partial charge on any atom is -0.504 e. The van der Waals surface area contributed by atoms with E-state index in [0.29, 0.717) is 6.07 Å². The fourth-order valence-corrected chi connectivity index (χ4v) is 1.42. The van der Waals surface area contributed by atoms with Crippen molar-refractivity contribution in [3.8, 4) is 17.0 Å². The van der Waals surface area contributed by atoms with Crippen molar-refractivity contribution in [2.24, 2.45) is 0 Å². The maximum Gasteiger partial charge on any atom is 0.222 e. The number of aromatic hydroxyl groups is 1. The molecule has 84 valence electrons. The normalized spacial score (nSPS) is 10.7. The molecule has 0 amide bonds. The second-order valence-electron chi connectivity index (χ2n) is 2.99. The highest BCUT2D eigenvalue weighted by Gasteiger charge is 2.21. The number of nitrogens with two attached hydrogens (primary N) is 1. The van der Waals surface area contributed by atoms with Gasteiger partial charge in [-0.05, 0) is 6.07 Å². The topological polar surface area (TPSA) is 72.3 Å². The number of anilines is 1. The molecule has 0 aliphatic carbocycles. The molecule has 1 aromatic carbocycles. The molecule has 0 saturated carbocycles. The fraction of sp³-hybridized carbons (Fsp3) is 0. The molecule has 3 N–H and O–H groups in total. The number of nitrogen functional groups attached to an aromatic ring is 1. The lowest BCUT2D eigenvalue weighted by Gasteiger charge is -2.05. The summed E-state index contributed by atoms with van der Waals surface area (Å²) in [5.74, 6) is -3.03. The standard InChI is InChI=1S/C9H5ClF2N2O2/c10-3-1-4(11)9(15)7(8(3)12)5-2-6(13)16-14-5/h1-2,15H,13H2. The van der Waals surface area contributed by atoms with E-state index in [1.54, 1.807) is 0 Å². The van der Waals surface area contributed by atoms with Crippen molar-refractivity contribution in [1.29, 1.82) is 0 Å². The van der Waals surface area contributed by atoms with Gasteiger partial charge in [-0.15, -0.1) is 0 Å². The predicted molar refractivity (Wildman–Crippen MR) is 52.9 cm³/mol. The number of rotatable bonds is 1. The zero-order valence-electron chi connectivity index (χ0n) is 7.67. The Kier molecular flexibility index (Phi) is 2.43. The quantitative estimate of drug-likeness (QED) is 0.759. The molecule has 16 heavy (non-hydrogen) atoms. The van der Waals surface area contributed by atoms with Gasteiger partial charge >= 0.3 is 0 Å². The van der Waals surface area contributed by atoms with Crippen molar-refractivity contribution in [2.75, 3.05) is 5.73 Å². The van der Waals surface area contributed by atoms with Crippen molar-refractivity contribution in [3.05, 3.63) is 28.8 Å². The lowest BCUT2D eigenvalue weighted by molar-refractivity contribution is 0.423. The van der Waals surface area contributed by atoms with Crippen LogP contribution in [0.1, 0.15) is 0 Å². The summed E-state index contributed by atoms with van der Waals surface area (Å²) >= 11 is 5.43. The van der Waals surface area contributed by atoms with Crippen LogP contribution in [0.3, 0.4) is 0 Å². The van der Waals surface area contributed by atoms with Gasteiger partial charge in [-0.3, -0.25) is 0 Å². The van der Waals surface area contributed by atoms with E-state index in [1.807, 2.05) is 0 Å². The molecule has 2 rings (SSSR count). The number of phenolic OH excluding ortho intramolecular Hbond substituents is 1. The van der Waals surface area contributed by atoms with E-state index in [-0.39, 0.29) is 11.6 Å². The highest BCUT2D eigenvalue weighted by atomic mass is 35.5. The number of phenols is 1. The molecule has 0 bridgehead atoms. The zero-order valence-corrected chi connectivity index (χ0v) is 8.42. The van der Waals surface area contributed by atoms with Gasteiger partial charge in [-0.1, -0.05) is 16.8 Å². The Morgan fingerprint density at radius 1 is 1.38 bits per heavy atom. The summed E-state index contributed by atoms with van der Waals surface area (Å²) in [4.78, 5) is 0. The van der Waals surface area contributed by atoms with Crippen LogP contribution in [0.2, 0.25) is 5.02 Å². The van der Waals surface area contributed by atoms with Gasteiger partial charge in [0.2, 0.25) is 5.88 Å².